The van der Waals surface area contributed by atoms with Gasteiger partial charge in [0.2, 0.25) is 5.88 Å². The number of anilines is 2. The maximum Gasteiger partial charge on any atom is 0.263 e. The first-order chi connectivity index (χ1) is 8.08. The van der Waals surface area contributed by atoms with Crippen LogP contribution in [0, 0.1) is 10.5 Å². The summed E-state index contributed by atoms with van der Waals surface area (Å²) in [5, 5.41) is 6.36. The summed E-state index contributed by atoms with van der Waals surface area (Å²) in [7, 11) is 0. The number of nitrogens with one attached hydrogen (secondary N) is 1. The summed E-state index contributed by atoms with van der Waals surface area (Å²) in [4.78, 5) is 11.9. The Labute approximate surface area is 111 Å². The van der Waals surface area contributed by atoms with Crippen LogP contribution in [0.4, 0.5) is 11.6 Å². The Balaban J connectivity index is 2.20. The van der Waals surface area contributed by atoms with Gasteiger partial charge in [0.25, 0.3) is 5.91 Å². The zero-order chi connectivity index (χ0) is 12.4. The topological polar surface area (TPSA) is 81.2 Å². The summed E-state index contributed by atoms with van der Waals surface area (Å²) in [5.41, 5.74) is 6.99. The molecule has 0 bridgehead atoms. The van der Waals surface area contributed by atoms with E-state index in [9.17, 15) is 4.79 Å². The number of nitrogen functional groups attached to an aromatic ring is 1. The molecule has 0 aliphatic heterocycles. The molecule has 1 aromatic heterocycles. The van der Waals surface area contributed by atoms with Crippen LogP contribution in [0.5, 0.6) is 0 Å². The van der Waals surface area contributed by atoms with E-state index in [1.54, 1.807) is 6.92 Å². The first kappa shape index (κ1) is 11.9. The van der Waals surface area contributed by atoms with Gasteiger partial charge in [-0.05, 0) is 53.8 Å². The van der Waals surface area contributed by atoms with Crippen molar-refractivity contribution in [3.63, 3.8) is 0 Å². The van der Waals surface area contributed by atoms with E-state index in [1.165, 1.54) is 0 Å². The highest BCUT2D eigenvalue weighted by Gasteiger charge is 2.18. The van der Waals surface area contributed by atoms with Crippen molar-refractivity contribution >= 4 is 40.1 Å². The molecule has 3 N–H and O–H groups in total. The van der Waals surface area contributed by atoms with Crippen molar-refractivity contribution in [2.24, 2.45) is 0 Å². The predicted octanol–water partition coefficient (Wildman–Crippen LogP) is 2.42. The molecule has 0 aliphatic carbocycles. The molecule has 0 unspecified atom stereocenters. The molecule has 0 saturated heterocycles. The molecule has 5 nitrogen and oxygen atoms in total. The molecular formula is C11H10IN3O2. The van der Waals surface area contributed by atoms with Gasteiger partial charge >= 0.3 is 0 Å². The zero-order valence-electron chi connectivity index (χ0n) is 9.03. The van der Waals surface area contributed by atoms with Crippen LogP contribution in [0.2, 0.25) is 0 Å². The van der Waals surface area contributed by atoms with Gasteiger partial charge in [0, 0.05) is 9.26 Å². The highest BCUT2D eigenvalue weighted by Crippen LogP contribution is 2.18. The lowest BCUT2D eigenvalue weighted by Gasteiger charge is -2.04. The van der Waals surface area contributed by atoms with Crippen molar-refractivity contribution in [3.05, 3.63) is 39.1 Å². The molecule has 6 heteroatoms. The summed E-state index contributed by atoms with van der Waals surface area (Å²) in [6.45, 7) is 1.67. The fourth-order valence-corrected chi connectivity index (χ4v) is 1.75. The largest absolute Gasteiger partial charge is 0.367 e. The minimum Gasteiger partial charge on any atom is -0.367 e. The third-order valence-electron chi connectivity index (χ3n) is 2.22. The lowest BCUT2D eigenvalue weighted by molar-refractivity contribution is 0.102. The predicted molar refractivity (Wildman–Crippen MR) is 72.8 cm³/mol. The number of rotatable bonds is 2. The number of hydrogen-bond acceptors (Lipinski definition) is 4. The van der Waals surface area contributed by atoms with E-state index in [0.29, 0.717) is 11.4 Å². The quantitative estimate of drug-likeness (QED) is 0.821. The van der Waals surface area contributed by atoms with E-state index in [4.69, 9.17) is 10.3 Å². The summed E-state index contributed by atoms with van der Waals surface area (Å²) < 4.78 is 5.84. The van der Waals surface area contributed by atoms with Crippen LogP contribution in [-0.4, -0.2) is 11.1 Å². The zero-order valence-corrected chi connectivity index (χ0v) is 11.2. The monoisotopic (exact) mass is 343 g/mol. The number of amides is 1. The van der Waals surface area contributed by atoms with Crippen molar-refractivity contribution in [2.45, 2.75) is 6.92 Å². The average molecular weight is 343 g/mol. The van der Waals surface area contributed by atoms with Crippen LogP contribution in [0.15, 0.2) is 28.8 Å². The van der Waals surface area contributed by atoms with Crippen molar-refractivity contribution in [2.75, 3.05) is 11.1 Å². The first-order valence-corrected chi connectivity index (χ1v) is 5.94. The van der Waals surface area contributed by atoms with Gasteiger partial charge in [-0.25, -0.2) is 0 Å². The number of hydrogen-bond donors (Lipinski definition) is 2. The molecule has 0 saturated carbocycles. The molecule has 0 fully saturated rings. The van der Waals surface area contributed by atoms with Crippen molar-refractivity contribution in [1.29, 1.82) is 0 Å². The fourth-order valence-electron chi connectivity index (χ4n) is 1.39. The smallest absolute Gasteiger partial charge is 0.263 e. The van der Waals surface area contributed by atoms with E-state index in [0.717, 1.165) is 3.57 Å². The fraction of sp³-hybridized carbons (Fsp3) is 0.0909. The molecule has 17 heavy (non-hydrogen) atoms. The van der Waals surface area contributed by atoms with Crippen LogP contribution < -0.4 is 11.1 Å². The third-order valence-corrected chi connectivity index (χ3v) is 2.94. The summed E-state index contributed by atoms with van der Waals surface area (Å²) in [6.07, 6.45) is 0. The molecule has 2 rings (SSSR count). The van der Waals surface area contributed by atoms with Gasteiger partial charge in [0.15, 0.2) is 0 Å². The van der Waals surface area contributed by atoms with E-state index in [-0.39, 0.29) is 17.4 Å². The molecule has 0 atom stereocenters. The molecule has 1 amide bonds. The molecular weight excluding hydrogens is 333 g/mol. The Hall–Kier alpha value is -1.57. The molecule has 0 radical (unpaired) electrons. The van der Waals surface area contributed by atoms with E-state index in [1.807, 2.05) is 24.3 Å². The summed E-state index contributed by atoms with van der Waals surface area (Å²) in [5.74, 6) is -0.284. The second-order valence-corrected chi connectivity index (χ2v) is 4.71. The van der Waals surface area contributed by atoms with Crippen LogP contribution in [0.1, 0.15) is 16.1 Å². The molecule has 1 aromatic carbocycles. The molecule has 88 valence electrons. The Morgan fingerprint density at radius 1 is 1.41 bits per heavy atom. The molecule has 0 spiro atoms. The number of benzene rings is 1. The summed E-state index contributed by atoms with van der Waals surface area (Å²) in [6, 6.07) is 7.44. The van der Waals surface area contributed by atoms with Gasteiger partial charge in [0.05, 0.1) is 5.69 Å². The maximum absolute atomic E-state index is 11.9. The standard InChI is InChI=1S/C11H10IN3O2/c1-6-9(10(13)17-15-6)11(16)14-8-4-2-7(12)3-5-8/h2-5H,13H2,1H3,(H,14,16). The second kappa shape index (κ2) is 4.74. The third kappa shape index (κ3) is 2.57. The SMILES string of the molecule is Cc1noc(N)c1C(=O)Nc1ccc(I)cc1. The van der Waals surface area contributed by atoms with Crippen molar-refractivity contribution in [1.82, 2.24) is 5.16 Å². The number of aryl methyl sites for hydroxylation is 1. The average Bonchev–Trinajstić information content (AvgIpc) is 2.62. The van der Waals surface area contributed by atoms with Crippen LogP contribution >= 0.6 is 22.6 Å². The first-order valence-electron chi connectivity index (χ1n) is 4.86. The Kier molecular flexibility index (Phi) is 3.32. The maximum atomic E-state index is 11.9. The highest BCUT2D eigenvalue weighted by molar-refractivity contribution is 14.1. The van der Waals surface area contributed by atoms with Gasteiger partial charge in [-0.15, -0.1) is 0 Å². The number of aromatic nitrogens is 1. The lowest BCUT2D eigenvalue weighted by atomic mass is 10.2. The minimum absolute atomic E-state index is 0.0329. The second-order valence-electron chi connectivity index (χ2n) is 3.47. The Morgan fingerprint density at radius 3 is 2.59 bits per heavy atom. The van der Waals surface area contributed by atoms with Crippen LogP contribution in [0.25, 0.3) is 0 Å². The van der Waals surface area contributed by atoms with Gasteiger partial charge in [-0.2, -0.15) is 0 Å². The minimum atomic E-state index is -0.317. The number of halogens is 1. The van der Waals surface area contributed by atoms with Crippen molar-refractivity contribution in [3.8, 4) is 0 Å². The Bertz CT molecular complexity index is 529. The van der Waals surface area contributed by atoms with Gasteiger partial charge in [-0.1, -0.05) is 5.16 Å². The van der Waals surface area contributed by atoms with Gasteiger partial charge in [-0.3, -0.25) is 4.79 Å². The lowest BCUT2D eigenvalue weighted by Crippen LogP contribution is -2.14. The van der Waals surface area contributed by atoms with E-state index < -0.39 is 0 Å². The molecule has 0 aliphatic rings. The number of nitrogens with zero attached hydrogens (tertiary/aromatic N) is 1. The Morgan fingerprint density at radius 2 is 2.06 bits per heavy atom. The number of nitrogens with two attached hydrogens (primary N) is 1. The number of carbonyl (C=O) groups excluding carboxylic acids is 1. The van der Waals surface area contributed by atoms with Gasteiger partial charge in [0.1, 0.15) is 5.56 Å². The van der Waals surface area contributed by atoms with Crippen molar-refractivity contribution < 1.29 is 9.32 Å². The van der Waals surface area contributed by atoms with Gasteiger partial charge < -0.3 is 15.6 Å². The van der Waals surface area contributed by atoms with E-state index in [2.05, 4.69) is 33.1 Å². The number of carbonyl (C=O) groups is 1. The molecule has 2 aromatic rings. The van der Waals surface area contributed by atoms with Crippen LogP contribution in [0.3, 0.4) is 0 Å². The van der Waals surface area contributed by atoms with Crippen LogP contribution in [-0.2, 0) is 0 Å². The normalized spacial score (nSPS) is 10.2. The molecule has 1 heterocycles. The summed E-state index contributed by atoms with van der Waals surface area (Å²) >= 11 is 2.19. The highest BCUT2D eigenvalue weighted by atomic mass is 127. The van der Waals surface area contributed by atoms with E-state index >= 15 is 0 Å².